The van der Waals surface area contributed by atoms with Gasteiger partial charge in [-0.2, -0.15) is 0 Å². The van der Waals surface area contributed by atoms with Crippen molar-refractivity contribution >= 4 is 43.6 Å². The number of thioether (sulfide) groups is 1. The lowest BCUT2D eigenvalue weighted by Crippen LogP contribution is -2.39. The number of hydrogen-bond acceptors (Lipinski definition) is 2. The van der Waals surface area contributed by atoms with Crippen LogP contribution in [0.3, 0.4) is 0 Å². The van der Waals surface area contributed by atoms with E-state index in [0.29, 0.717) is 21.4 Å². The van der Waals surface area contributed by atoms with E-state index >= 15 is 0 Å². The van der Waals surface area contributed by atoms with Crippen molar-refractivity contribution < 1.29 is 4.74 Å². The SMILES string of the molecule is C[C@H](Br)[C@@H]1S[C@H](CBr)CO[C@@H]1C. The molecule has 0 aromatic heterocycles. The summed E-state index contributed by atoms with van der Waals surface area (Å²) in [5.41, 5.74) is 0. The van der Waals surface area contributed by atoms with Crippen LogP contribution in [0.4, 0.5) is 0 Å². The van der Waals surface area contributed by atoms with Crippen LogP contribution in [0.15, 0.2) is 0 Å². The van der Waals surface area contributed by atoms with Crippen LogP contribution in [0, 0.1) is 0 Å². The Hall–Kier alpha value is 1.27. The summed E-state index contributed by atoms with van der Waals surface area (Å²) in [6, 6.07) is 0. The molecule has 4 heteroatoms. The average Bonchev–Trinajstić information content (AvgIpc) is 2.05. The van der Waals surface area contributed by atoms with Crippen molar-refractivity contribution in [3.63, 3.8) is 0 Å². The number of rotatable bonds is 2. The summed E-state index contributed by atoms with van der Waals surface area (Å²) >= 11 is 9.14. The molecule has 0 bridgehead atoms. The zero-order chi connectivity index (χ0) is 9.14. The van der Waals surface area contributed by atoms with Crippen LogP contribution in [0.5, 0.6) is 0 Å². The van der Waals surface area contributed by atoms with Crippen molar-refractivity contribution in [2.45, 2.75) is 35.3 Å². The Morgan fingerprint density at radius 3 is 2.83 bits per heavy atom. The van der Waals surface area contributed by atoms with Gasteiger partial charge in [-0.05, 0) is 6.92 Å². The van der Waals surface area contributed by atoms with Gasteiger partial charge in [-0.1, -0.05) is 38.8 Å². The summed E-state index contributed by atoms with van der Waals surface area (Å²) < 4.78 is 5.67. The number of halogens is 2. The average molecular weight is 318 g/mol. The molecule has 1 fully saturated rings. The van der Waals surface area contributed by atoms with E-state index in [0.717, 1.165) is 11.9 Å². The smallest absolute Gasteiger partial charge is 0.0676 e. The predicted molar refractivity (Wildman–Crippen MR) is 62.8 cm³/mol. The number of alkyl halides is 2. The van der Waals surface area contributed by atoms with Crippen molar-refractivity contribution in [2.75, 3.05) is 11.9 Å². The Labute approximate surface area is 95.3 Å². The molecule has 0 unspecified atom stereocenters. The quantitative estimate of drug-likeness (QED) is 0.724. The van der Waals surface area contributed by atoms with Crippen LogP contribution >= 0.6 is 43.6 Å². The van der Waals surface area contributed by atoms with Gasteiger partial charge in [0.1, 0.15) is 0 Å². The van der Waals surface area contributed by atoms with Gasteiger partial charge in [0, 0.05) is 20.7 Å². The molecule has 1 heterocycles. The molecule has 12 heavy (non-hydrogen) atoms. The highest BCUT2D eigenvalue weighted by Gasteiger charge is 2.31. The van der Waals surface area contributed by atoms with E-state index < -0.39 is 0 Å². The highest BCUT2D eigenvalue weighted by atomic mass is 79.9. The monoisotopic (exact) mass is 316 g/mol. The van der Waals surface area contributed by atoms with Gasteiger partial charge in [-0.15, -0.1) is 11.8 Å². The highest BCUT2D eigenvalue weighted by Crippen LogP contribution is 2.33. The van der Waals surface area contributed by atoms with Gasteiger partial charge < -0.3 is 4.74 Å². The fourth-order valence-corrected chi connectivity index (χ4v) is 3.93. The summed E-state index contributed by atoms with van der Waals surface area (Å²) in [5, 5.41) is 2.23. The van der Waals surface area contributed by atoms with E-state index in [1.165, 1.54) is 0 Å². The lowest BCUT2D eigenvalue weighted by Gasteiger charge is -2.34. The molecule has 1 aliphatic heterocycles. The van der Waals surface area contributed by atoms with Crippen molar-refractivity contribution in [3.05, 3.63) is 0 Å². The Morgan fingerprint density at radius 2 is 2.33 bits per heavy atom. The van der Waals surface area contributed by atoms with Crippen LogP contribution in [0.2, 0.25) is 0 Å². The van der Waals surface area contributed by atoms with Crippen LogP contribution in [-0.2, 0) is 4.74 Å². The first-order valence-electron chi connectivity index (χ1n) is 4.12. The molecule has 0 N–H and O–H groups in total. The van der Waals surface area contributed by atoms with Gasteiger partial charge in [0.15, 0.2) is 0 Å². The molecule has 1 nitrogen and oxygen atoms in total. The minimum Gasteiger partial charge on any atom is -0.376 e. The van der Waals surface area contributed by atoms with Crippen molar-refractivity contribution in [1.29, 1.82) is 0 Å². The van der Waals surface area contributed by atoms with Crippen LogP contribution in [0.1, 0.15) is 13.8 Å². The topological polar surface area (TPSA) is 9.23 Å². The third-order valence-electron chi connectivity index (χ3n) is 1.98. The normalized spacial score (nSPS) is 39.5. The maximum absolute atomic E-state index is 5.67. The lowest BCUT2D eigenvalue weighted by molar-refractivity contribution is 0.0596. The summed E-state index contributed by atoms with van der Waals surface area (Å²) in [6.45, 7) is 5.22. The van der Waals surface area contributed by atoms with E-state index in [9.17, 15) is 0 Å². The zero-order valence-electron chi connectivity index (χ0n) is 7.30. The van der Waals surface area contributed by atoms with Gasteiger partial charge in [-0.3, -0.25) is 0 Å². The summed E-state index contributed by atoms with van der Waals surface area (Å²) in [4.78, 5) is 0.527. The van der Waals surface area contributed by atoms with E-state index in [1.807, 2.05) is 11.8 Å². The highest BCUT2D eigenvalue weighted by molar-refractivity contribution is 9.09. The van der Waals surface area contributed by atoms with Crippen molar-refractivity contribution in [1.82, 2.24) is 0 Å². The van der Waals surface area contributed by atoms with Gasteiger partial charge >= 0.3 is 0 Å². The summed E-state index contributed by atoms with van der Waals surface area (Å²) in [5.74, 6) is 0. The molecule has 0 aromatic rings. The minimum absolute atomic E-state index is 0.375. The molecule has 0 spiro atoms. The summed E-state index contributed by atoms with van der Waals surface area (Å²) in [6.07, 6.45) is 0.375. The van der Waals surface area contributed by atoms with E-state index in [-0.39, 0.29) is 0 Å². The Bertz CT molecular complexity index is 143. The molecule has 4 atom stereocenters. The van der Waals surface area contributed by atoms with Gasteiger partial charge in [-0.25, -0.2) is 0 Å². The Kier molecular flexibility index (Phi) is 4.94. The molecule has 0 radical (unpaired) electrons. The van der Waals surface area contributed by atoms with Crippen LogP contribution in [-0.4, -0.2) is 33.4 Å². The maximum atomic E-state index is 5.67. The molecule has 0 aromatic carbocycles. The maximum Gasteiger partial charge on any atom is 0.0676 e. The molecule has 1 saturated heterocycles. The minimum atomic E-state index is 0.375. The molecule has 0 aliphatic carbocycles. The van der Waals surface area contributed by atoms with Crippen molar-refractivity contribution in [3.8, 4) is 0 Å². The van der Waals surface area contributed by atoms with E-state index in [4.69, 9.17) is 4.74 Å². The molecule has 72 valence electrons. The fraction of sp³-hybridized carbons (Fsp3) is 1.00. The van der Waals surface area contributed by atoms with E-state index in [2.05, 4.69) is 45.7 Å². The van der Waals surface area contributed by atoms with Crippen LogP contribution < -0.4 is 0 Å². The molecule has 0 amide bonds. The first-order valence-corrected chi connectivity index (χ1v) is 7.10. The van der Waals surface area contributed by atoms with E-state index in [1.54, 1.807) is 0 Å². The van der Waals surface area contributed by atoms with Crippen molar-refractivity contribution in [2.24, 2.45) is 0 Å². The summed E-state index contributed by atoms with van der Waals surface area (Å²) in [7, 11) is 0. The molecule has 0 saturated carbocycles. The Morgan fingerprint density at radius 1 is 1.67 bits per heavy atom. The second-order valence-corrected chi connectivity index (χ2v) is 6.67. The van der Waals surface area contributed by atoms with Gasteiger partial charge in [0.05, 0.1) is 12.7 Å². The Balaban J connectivity index is 2.47. The molecular weight excluding hydrogens is 304 g/mol. The van der Waals surface area contributed by atoms with Gasteiger partial charge in [0.2, 0.25) is 0 Å². The van der Waals surface area contributed by atoms with Gasteiger partial charge in [0.25, 0.3) is 0 Å². The fourth-order valence-electron chi connectivity index (χ4n) is 1.29. The third-order valence-corrected chi connectivity index (χ3v) is 5.91. The molecular formula is C8H14Br2OS. The number of hydrogen-bond donors (Lipinski definition) is 0. The standard InChI is InChI=1S/C8H14Br2OS/c1-5(10)8-6(2)11-4-7(3-9)12-8/h5-8H,3-4H2,1-2H3/t5-,6+,7+,8-/m0/s1. The lowest BCUT2D eigenvalue weighted by atomic mass is 10.2. The largest absolute Gasteiger partial charge is 0.376 e. The molecule has 1 aliphatic rings. The second-order valence-electron chi connectivity index (χ2n) is 3.09. The third kappa shape index (κ3) is 2.89. The molecule has 1 rings (SSSR count). The second kappa shape index (κ2) is 5.23. The first-order chi connectivity index (χ1) is 5.65. The van der Waals surface area contributed by atoms with Crippen LogP contribution in [0.25, 0.3) is 0 Å². The predicted octanol–water partition coefficient (Wildman–Crippen LogP) is 3.05. The zero-order valence-corrected chi connectivity index (χ0v) is 11.3. The first kappa shape index (κ1) is 11.3. The number of ether oxygens (including phenoxy) is 1.